The SMILES string of the molecule is CC[C@@]1(O)CC[C@@H]2C=C(C)N=C2C1. The maximum Gasteiger partial charge on any atom is 0.0697 e. The molecule has 2 nitrogen and oxygen atoms in total. The molecule has 0 spiro atoms. The average Bonchev–Trinajstić information content (AvgIpc) is 2.44. The third-order valence-corrected chi connectivity index (χ3v) is 3.28. The van der Waals surface area contributed by atoms with Crippen LogP contribution in [0.5, 0.6) is 0 Å². The smallest absolute Gasteiger partial charge is 0.0697 e. The Balaban J connectivity index is 2.15. The van der Waals surface area contributed by atoms with E-state index in [-0.39, 0.29) is 0 Å². The van der Waals surface area contributed by atoms with Crippen molar-refractivity contribution in [2.24, 2.45) is 10.9 Å². The zero-order valence-electron chi connectivity index (χ0n) is 8.38. The van der Waals surface area contributed by atoms with Crippen LogP contribution in [0, 0.1) is 5.92 Å². The summed E-state index contributed by atoms with van der Waals surface area (Å²) in [5.41, 5.74) is 1.86. The second kappa shape index (κ2) is 2.95. The van der Waals surface area contributed by atoms with Crippen LogP contribution in [0.3, 0.4) is 0 Å². The van der Waals surface area contributed by atoms with Crippen molar-refractivity contribution >= 4 is 5.71 Å². The van der Waals surface area contributed by atoms with Gasteiger partial charge in [0, 0.05) is 23.7 Å². The predicted octanol–water partition coefficient (Wildman–Crippen LogP) is 2.29. The lowest BCUT2D eigenvalue weighted by atomic mass is 9.77. The maximum absolute atomic E-state index is 10.1. The molecule has 0 aromatic carbocycles. The van der Waals surface area contributed by atoms with Crippen molar-refractivity contribution in [3.63, 3.8) is 0 Å². The number of aliphatic hydroxyl groups is 1. The molecule has 0 aromatic rings. The summed E-state index contributed by atoms with van der Waals surface area (Å²) in [6.07, 6.45) is 5.85. The second-order valence-electron chi connectivity index (χ2n) is 4.31. The summed E-state index contributed by atoms with van der Waals surface area (Å²) in [6, 6.07) is 0. The zero-order valence-corrected chi connectivity index (χ0v) is 8.38. The van der Waals surface area contributed by atoms with Crippen molar-refractivity contribution in [2.75, 3.05) is 0 Å². The Morgan fingerprint density at radius 3 is 3.15 bits per heavy atom. The second-order valence-corrected chi connectivity index (χ2v) is 4.31. The summed E-state index contributed by atoms with van der Waals surface area (Å²) in [5.74, 6) is 0.534. The minimum atomic E-state index is -0.464. The largest absolute Gasteiger partial charge is 0.390 e. The van der Waals surface area contributed by atoms with Gasteiger partial charge in [-0.2, -0.15) is 0 Å². The molecule has 1 aliphatic carbocycles. The molecule has 2 heteroatoms. The van der Waals surface area contributed by atoms with Crippen molar-refractivity contribution in [3.05, 3.63) is 11.8 Å². The van der Waals surface area contributed by atoms with Gasteiger partial charge in [-0.05, 0) is 26.2 Å². The molecule has 1 saturated carbocycles. The molecule has 0 bridgehead atoms. The lowest BCUT2D eigenvalue weighted by Gasteiger charge is -2.34. The van der Waals surface area contributed by atoms with Gasteiger partial charge in [0.1, 0.15) is 0 Å². The molecular weight excluding hydrogens is 162 g/mol. The Bertz CT molecular complexity index is 280. The summed E-state index contributed by atoms with van der Waals surface area (Å²) in [5, 5.41) is 10.1. The fraction of sp³-hybridized carbons (Fsp3) is 0.727. The molecule has 0 radical (unpaired) electrons. The van der Waals surface area contributed by atoms with E-state index in [1.54, 1.807) is 0 Å². The van der Waals surface area contributed by atoms with E-state index in [2.05, 4.69) is 18.0 Å². The van der Waals surface area contributed by atoms with Crippen LogP contribution in [0.1, 0.15) is 39.5 Å². The van der Waals surface area contributed by atoms with Gasteiger partial charge in [0.25, 0.3) is 0 Å². The van der Waals surface area contributed by atoms with E-state index in [1.165, 1.54) is 5.71 Å². The van der Waals surface area contributed by atoms with Crippen molar-refractivity contribution in [3.8, 4) is 0 Å². The van der Waals surface area contributed by atoms with Crippen LogP contribution in [0.2, 0.25) is 0 Å². The van der Waals surface area contributed by atoms with Crippen molar-refractivity contribution in [1.29, 1.82) is 0 Å². The van der Waals surface area contributed by atoms with Crippen LogP contribution in [-0.2, 0) is 0 Å². The quantitative estimate of drug-likeness (QED) is 0.658. The number of nitrogens with zero attached hydrogens (tertiary/aromatic N) is 1. The monoisotopic (exact) mass is 179 g/mol. The molecule has 0 amide bonds. The van der Waals surface area contributed by atoms with Crippen LogP contribution in [0.15, 0.2) is 16.8 Å². The molecule has 0 aromatic heterocycles. The first-order chi connectivity index (χ1) is 6.13. The highest BCUT2D eigenvalue weighted by Gasteiger charge is 2.36. The molecule has 13 heavy (non-hydrogen) atoms. The lowest BCUT2D eigenvalue weighted by molar-refractivity contribution is 0.0236. The van der Waals surface area contributed by atoms with Crippen LogP contribution in [-0.4, -0.2) is 16.4 Å². The summed E-state index contributed by atoms with van der Waals surface area (Å²) in [7, 11) is 0. The highest BCUT2D eigenvalue weighted by Crippen LogP contribution is 2.36. The van der Waals surface area contributed by atoms with Gasteiger partial charge in [-0.3, -0.25) is 4.99 Å². The van der Waals surface area contributed by atoms with Gasteiger partial charge in [-0.25, -0.2) is 0 Å². The summed E-state index contributed by atoms with van der Waals surface area (Å²) >= 11 is 0. The molecular formula is C11H17NO. The van der Waals surface area contributed by atoms with Crippen LogP contribution >= 0.6 is 0 Å². The fourth-order valence-electron chi connectivity index (χ4n) is 2.31. The van der Waals surface area contributed by atoms with Gasteiger partial charge in [0.2, 0.25) is 0 Å². The van der Waals surface area contributed by atoms with Gasteiger partial charge in [-0.15, -0.1) is 0 Å². The first-order valence-electron chi connectivity index (χ1n) is 5.11. The number of fused-ring (bicyclic) bond motifs is 1. The highest BCUT2D eigenvalue weighted by molar-refractivity contribution is 5.92. The Hall–Kier alpha value is -0.630. The molecule has 1 aliphatic heterocycles. The number of hydrogen-bond acceptors (Lipinski definition) is 2. The normalized spacial score (nSPS) is 38.2. The van der Waals surface area contributed by atoms with Crippen LogP contribution < -0.4 is 0 Å². The van der Waals surface area contributed by atoms with E-state index in [0.29, 0.717) is 5.92 Å². The van der Waals surface area contributed by atoms with E-state index in [4.69, 9.17) is 0 Å². The van der Waals surface area contributed by atoms with Crippen LogP contribution in [0.4, 0.5) is 0 Å². The summed E-state index contributed by atoms with van der Waals surface area (Å²) in [4.78, 5) is 4.47. The maximum atomic E-state index is 10.1. The fourth-order valence-corrected chi connectivity index (χ4v) is 2.31. The Labute approximate surface area is 79.4 Å². The summed E-state index contributed by atoms with van der Waals surface area (Å²) < 4.78 is 0. The van der Waals surface area contributed by atoms with Crippen molar-refractivity contribution in [2.45, 2.75) is 45.1 Å². The van der Waals surface area contributed by atoms with Gasteiger partial charge >= 0.3 is 0 Å². The molecule has 0 saturated heterocycles. The predicted molar refractivity (Wildman–Crippen MR) is 53.8 cm³/mol. The van der Waals surface area contributed by atoms with Gasteiger partial charge in [0.05, 0.1) is 5.60 Å². The Kier molecular flexibility index (Phi) is 2.03. The number of hydrogen-bond donors (Lipinski definition) is 1. The van der Waals surface area contributed by atoms with E-state index in [9.17, 15) is 5.11 Å². The number of rotatable bonds is 1. The molecule has 2 atom stereocenters. The van der Waals surface area contributed by atoms with Crippen molar-refractivity contribution < 1.29 is 5.11 Å². The molecule has 1 fully saturated rings. The van der Waals surface area contributed by atoms with Gasteiger partial charge in [-0.1, -0.05) is 13.0 Å². The van der Waals surface area contributed by atoms with E-state index in [1.807, 2.05) is 6.92 Å². The average molecular weight is 179 g/mol. The highest BCUT2D eigenvalue weighted by atomic mass is 16.3. The first kappa shape index (κ1) is 8.95. The minimum Gasteiger partial charge on any atom is -0.390 e. The minimum absolute atomic E-state index is 0.464. The molecule has 0 unspecified atom stereocenters. The summed E-state index contributed by atoms with van der Waals surface area (Å²) in [6.45, 7) is 4.09. The molecule has 1 N–H and O–H groups in total. The van der Waals surface area contributed by atoms with Gasteiger partial charge < -0.3 is 5.11 Å². The topological polar surface area (TPSA) is 32.6 Å². The van der Waals surface area contributed by atoms with Crippen LogP contribution in [0.25, 0.3) is 0 Å². The molecule has 2 aliphatic rings. The Morgan fingerprint density at radius 2 is 2.46 bits per heavy atom. The van der Waals surface area contributed by atoms with Crippen molar-refractivity contribution in [1.82, 2.24) is 0 Å². The standard InChI is InChI=1S/C11H17NO/c1-3-11(13)5-4-9-6-8(2)12-10(9)7-11/h6,9,13H,3-5,7H2,1-2H3/t9-,11-/m1/s1. The lowest BCUT2D eigenvalue weighted by Crippen LogP contribution is -2.37. The number of allylic oxidation sites excluding steroid dienone is 2. The molecule has 2 rings (SSSR count). The molecule has 72 valence electrons. The van der Waals surface area contributed by atoms with E-state index < -0.39 is 5.60 Å². The molecule has 1 heterocycles. The van der Waals surface area contributed by atoms with Gasteiger partial charge in [0.15, 0.2) is 0 Å². The van der Waals surface area contributed by atoms with E-state index in [0.717, 1.165) is 31.4 Å². The Morgan fingerprint density at radius 1 is 1.69 bits per heavy atom. The third kappa shape index (κ3) is 1.55. The zero-order chi connectivity index (χ0) is 9.47. The van der Waals surface area contributed by atoms with E-state index >= 15 is 0 Å². The number of aliphatic imine (C=N–C) groups is 1. The third-order valence-electron chi connectivity index (χ3n) is 3.28. The first-order valence-corrected chi connectivity index (χ1v) is 5.11.